The molecule has 0 bridgehead atoms. The number of carbonyl (C=O) groups excluding carboxylic acids is 1. The van der Waals surface area contributed by atoms with Crippen LogP contribution >= 0.6 is 11.3 Å². The highest BCUT2D eigenvalue weighted by atomic mass is 32.2. The maximum Gasteiger partial charge on any atom is 0.291 e. The monoisotopic (exact) mass is 420 g/mol. The Bertz CT molecular complexity index is 1120. The number of nitrogen functional groups attached to an aromatic ring is 1. The van der Waals surface area contributed by atoms with Crippen LogP contribution in [0.15, 0.2) is 41.3 Å². The van der Waals surface area contributed by atoms with Gasteiger partial charge in [-0.05, 0) is 41.8 Å². The molecule has 11 heteroatoms. The van der Waals surface area contributed by atoms with E-state index in [0.29, 0.717) is 10.6 Å². The molecular formula is C17H20N6O3S2. The van der Waals surface area contributed by atoms with Crippen LogP contribution in [-0.4, -0.2) is 29.1 Å². The standard InChI is InChI=1S/C17H20N6O3S2/c1-17(2,3)13-9-8-12(27-13)14(24)23-15(18)21-16(22-23)20-10-4-6-11(7-5-10)28(19,25)26/h4-9H,1-3H3,(H2,19,25,26)(H3,18,20,21,22). The van der Waals surface area contributed by atoms with Crippen LogP contribution in [0.3, 0.4) is 0 Å². The highest BCUT2D eigenvalue weighted by Crippen LogP contribution is 2.30. The van der Waals surface area contributed by atoms with E-state index in [-0.39, 0.29) is 28.1 Å². The lowest BCUT2D eigenvalue weighted by atomic mass is 9.95. The highest BCUT2D eigenvalue weighted by molar-refractivity contribution is 7.89. The van der Waals surface area contributed by atoms with Crippen molar-refractivity contribution < 1.29 is 13.2 Å². The van der Waals surface area contributed by atoms with Crippen molar-refractivity contribution in [3.05, 3.63) is 46.2 Å². The van der Waals surface area contributed by atoms with E-state index in [4.69, 9.17) is 10.9 Å². The fourth-order valence-electron chi connectivity index (χ4n) is 2.34. The van der Waals surface area contributed by atoms with Gasteiger partial charge in [-0.15, -0.1) is 16.4 Å². The van der Waals surface area contributed by atoms with Gasteiger partial charge in [0, 0.05) is 10.6 Å². The number of sulfonamides is 1. The van der Waals surface area contributed by atoms with Gasteiger partial charge in [0.1, 0.15) is 0 Å². The maximum absolute atomic E-state index is 12.7. The van der Waals surface area contributed by atoms with E-state index in [1.165, 1.54) is 35.6 Å². The molecule has 5 N–H and O–H groups in total. The predicted octanol–water partition coefficient (Wildman–Crippen LogP) is 2.30. The summed E-state index contributed by atoms with van der Waals surface area (Å²) in [5, 5.41) is 12.1. The Balaban J connectivity index is 1.81. The van der Waals surface area contributed by atoms with Gasteiger partial charge >= 0.3 is 0 Å². The Morgan fingerprint density at radius 2 is 1.79 bits per heavy atom. The second-order valence-corrected chi connectivity index (χ2v) is 9.76. The van der Waals surface area contributed by atoms with Crippen molar-refractivity contribution in [2.24, 2.45) is 5.14 Å². The predicted molar refractivity (Wildman–Crippen MR) is 108 cm³/mol. The van der Waals surface area contributed by atoms with Crippen molar-refractivity contribution in [3.8, 4) is 0 Å². The van der Waals surface area contributed by atoms with Crippen molar-refractivity contribution in [1.82, 2.24) is 14.8 Å². The van der Waals surface area contributed by atoms with E-state index in [1.807, 2.05) is 6.07 Å². The zero-order valence-corrected chi connectivity index (χ0v) is 17.1. The van der Waals surface area contributed by atoms with Gasteiger partial charge in [-0.3, -0.25) is 4.79 Å². The molecule has 0 atom stereocenters. The number of aromatic nitrogens is 3. The van der Waals surface area contributed by atoms with E-state index in [9.17, 15) is 13.2 Å². The number of primary sulfonamides is 1. The molecule has 0 spiro atoms. The Morgan fingerprint density at radius 3 is 2.32 bits per heavy atom. The van der Waals surface area contributed by atoms with Crippen LogP contribution in [0.1, 0.15) is 35.3 Å². The van der Waals surface area contributed by atoms with Crippen LogP contribution in [0.25, 0.3) is 0 Å². The first kappa shape index (κ1) is 20.0. The molecule has 0 aliphatic heterocycles. The van der Waals surface area contributed by atoms with Gasteiger partial charge in [0.15, 0.2) is 0 Å². The van der Waals surface area contributed by atoms with E-state index >= 15 is 0 Å². The third-order valence-electron chi connectivity index (χ3n) is 3.82. The summed E-state index contributed by atoms with van der Waals surface area (Å²) >= 11 is 1.39. The number of hydrogen-bond acceptors (Lipinski definition) is 8. The van der Waals surface area contributed by atoms with Crippen LogP contribution in [0.5, 0.6) is 0 Å². The molecule has 2 heterocycles. The largest absolute Gasteiger partial charge is 0.368 e. The van der Waals surface area contributed by atoms with E-state index in [1.54, 1.807) is 6.07 Å². The zero-order valence-electron chi connectivity index (χ0n) is 15.5. The average Bonchev–Trinajstić information content (AvgIpc) is 3.21. The first-order valence-corrected chi connectivity index (χ1v) is 10.6. The molecule has 9 nitrogen and oxygen atoms in total. The number of hydrogen-bond donors (Lipinski definition) is 3. The summed E-state index contributed by atoms with van der Waals surface area (Å²) in [5.41, 5.74) is 6.30. The van der Waals surface area contributed by atoms with Gasteiger partial charge in [0.25, 0.3) is 5.91 Å². The number of nitrogens with one attached hydrogen (secondary N) is 1. The molecular weight excluding hydrogens is 400 g/mol. The van der Waals surface area contributed by atoms with E-state index < -0.39 is 10.0 Å². The number of nitrogens with two attached hydrogens (primary N) is 2. The number of benzene rings is 1. The Hall–Kier alpha value is -2.76. The summed E-state index contributed by atoms with van der Waals surface area (Å²) in [6.07, 6.45) is 0. The van der Waals surface area contributed by atoms with Crippen LogP contribution in [0.4, 0.5) is 17.6 Å². The van der Waals surface area contributed by atoms with Crippen LogP contribution < -0.4 is 16.2 Å². The fourth-order valence-corrected chi connectivity index (χ4v) is 3.85. The van der Waals surface area contributed by atoms with Crippen molar-refractivity contribution >= 4 is 44.9 Å². The van der Waals surface area contributed by atoms with Crippen LogP contribution in [-0.2, 0) is 15.4 Å². The highest BCUT2D eigenvalue weighted by Gasteiger charge is 2.22. The summed E-state index contributed by atoms with van der Waals surface area (Å²) in [6, 6.07) is 9.37. The molecule has 148 valence electrons. The van der Waals surface area contributed by atoms with Gasteiger partial charge in [0.05, 0.1) is 9.77 Å². The average molecular weight is 421 g/mol. The summed E-state index contributed by atoms with van der Waals surface area (Å²) in [5.74, 6) is -0.315. The summed E-state index contributed by atoms with van der Waals surface area (Å²) in [4.78, 5) is 18.3. The quantitative estimate of drug-likeness (QED) is 0.587. The van der Waals surface area contributed by atoms with Crippen molar-refractivity contribution in [2.45, 2.75) is 31.1 Å². The first-order valence-electron chi connectivity index (χ1n) is 8.22. The second kappa shape index (κ2) is 7.00. The summed E-state index contributed by atoms with van der Waals surface area (Å²) in [6.45, 7) is 6.21. The first-order chi connectivity index (χ1) is 12.9. The Labute approximate surface area is 166 Å². The molecule has 0 aliphatic rings. The number of thiophene rings is 1. The molecule has 0 saturated carbocycles. The molecule has 28 heavy (non-hydrogen) atoms. The van der Waals surface area contributed by atoms with E-state index in [0.717, 1.165) is 9.56 Å². The number of anilines is 3. The van der Waals surface area contributed by atoms with Crippen molar-refractivity contribution in [1.29, 1.82) is 0 Å². The van der Waals surface area contributed by atoms with Gasteiger partial charge in [0.2, 0.25) is 21.9 Å². The van der Waals surface area contributed by atoms with Gasteiger partial charge in [-0.2, -0.15) is 9.67 Å². The van der Waals surface area contributed by atoms with Gasteiger partial charge in [-0.1, -0.05) is 20.8 Å². The Morgan fingerprint density at radius 1 is 1.14 bits per heavy atom. The van der Waals surface area contributed by atoms with Gasteiger partial charge in [-0.25, -0.2) is 13.6 Å². The third-order valence-corrected chi connectivity index (χ3v) is 6.25. The minimum Gasteiger partial charge on any atom is -0.368 e. The smallest absolute Gasteiger partial charge is 0.291 e. The lowest BCUT2D eigenvalue weighted by Gasteiger charge is -2.15. The molecule has 0 aliphatic carbocycles. The fraction of sp³-hybridized carbons (Fsp3) is 0.235. The van der Waals surface area contributed by atoms with Crippen molar-refractivity contribution in [3.63, 3.8) is 0 Å². The van der Waals surface area contributed by atoms with Gasteiger partial charge < -0.3 is 11.1 Å². The molecule has 0 radical (unpaired) electrons. The molecule has 1 aromatic carbocycles. The minimum absolute atomic E-state index is 0.0152. The normalized spacial score (nSPS) is 12.1. The molecule has 3 rings (SSSR count). The molecule has 0 unspecified atom stereocenters. The molecule has 0 fully saturated rings. The summed E-state index contributed by atoms with van der Waals surface area (Å²) < 4.78 is 23.6. The number of nitrogens with zero attached hydrogens (tertiary/aromatic N) is 3. The number of rotatable bonds is 4. The third kappa shape index (κ3) is 4.21. The lowest BCUT2D eigenvalue weighted by Crippen LogP contribution is -2.15. The SMILES string of the molecule is CC(C)(C)c1ccc(C(=O)n2nc(Nc3ccc(S(N)(=O)=O)cc3)nc2N)s1. The minimum atomic E-state index is -3.77. The topological polar surface area (TPSA) is 146 Å². The molecule has 0 saturated heterocycles. The number of carbonyl (C=O) groups is 1. The van der Waals surface area contributed by atoms with Crippen molar-refractivity contribution in [2.75, 3.05) is 11.1 Å². The summed E-state index contributed by atoms with van der Waals surface area (Å²) in [7, 11) is -3.77. The Kier molecular flexibility index (Phi) is 5.00. The van der Waals surface area contributed by atoms with E-state index in [2.05, 4.69) is 36.2 Å². The molecule has 3 aromatic rings. The molecule has 0 amide bonds. The van der Waals surface area contributed by atoms with Crippen LogP contribution in [0, 0.1) is 0 Å². The van der Waals surface area contributed by atoms with Crippen LogP contribution in [0.2, 0.25) is 0 Å². The molecule has 2 aromatic heterocycles. The lowest BCUT2D eigenvalue weighted by molar-refractivity contribution is 0.0952. The second-order valence-electron chi connectivity index (χ2n) is 7.12. The zero-order chi connectivity index (χ0) is 20.7. The maximum atomic E-state index is 12.7.